The molecule has 7 heteroatoms. The van der Waals surface area contributed by atoms with Crippen molar-refractivity contribution >= 4 is 22.6 Å². The molecule has 0 spiro atoms. The van der Waals surface area contributed by atoms with Crippen LogP contribution in [0, 0.1) is 0 Å². The first-order valence-corrected chi connectivity index (χ1v) is 7.58. The lowest BCUT2D eigenvalue weighted by atomic mass is 9.87. The first kappa shape index (κ1) is 13.8. The second kappa shape index (κ2) is 6.53. The van der Waals surface area contributed by atoms with E-state index in [4.69, 9.17) is 4.74 Å². The number of hydrogen-bond donors (Lipinski definition) is 2. The summed E-state index contributed by atoms with van der Waals surface area (Å²) in [5.41, 5.74) is 0.985. The van der Waals surface area contributed by atoms with Crippen LogP contribution in [0.5, 0.6) is 0 Å². The fraction of sp³-hybridized carbons (Fsp3) is 0.357. The van der Waals surface area contributed by atoms with E-state index in [-0.39, 0.29) is 12.1 Å². The number of nitrogens with one attached hydrogen (secondary N) is 2. The number of hydrogen-bond acceptors (Lipinski definition) is 6. The Morgan fingerprint density at radius 1 is 1.29 bits per heavy atom. The van der Waals surface area contributed by atoms with Crippen LogP contribution in [0.1, 0.15) is 18.4 Å². The van der Waals surface area contributed by atoms with Crippen LogP contribution >= 0.6 is 11.5 Å². The lowest BCUT2D eigenvalue weighted by Crippen LogP contribution is -2.49. The molecule has 1 aliphatic carbocycles. The second-order valence-corrected chi connectivity index (χ2v) is 5.78. The van der Waals surface area contributed by atoms with Gasteiger partial charge in [0.2, 0.25) is 0 Å². The van der Waals surface area contributed by atoms with E-state index in [0.717, 1.165) is 23.4 Å². The molecule has 0 bridgehead atoms. The Labute approximate surface area is 126 Å². The summed E-state index contributed by atoms with van der Waals surface area (Å²) >= 11 is 1.34. The molecule has 1 aromatic heterocycles. The van der Waals surface area contributed by atoms with Crippen molar-refractivity contribution in [1.29, 1.82) is 0 Å². The Hall–Kier alpha value is -2.15. The fourth-order valence-electron chi connectivity index (χ4n) is 2.22. The Bertz CT molecular complexity index is 570. The standard InChI is InChI=1S/C14H16N4O2S/c19-14(20-9-10-4-2-1-3-5-10)17-12-6-11(7-12)16-13-8-15-18-21-13/h1-5,8,11-12,16H,6-7,9H2,(H,17,19). The molecule has 2 N–H and O–H groups in total. The SMILES string of the molecule is O=C(NC1CC(Nc2cnns2)C1)OCc1ccccc1. The predicted molar refractivity (Wildman–Crippen MR) is 80.1 cm³/mol. The maximum Gasteiger partial charge on any atom is 0.407 e. The first-order valence-electron chi connectivity index (χ1n) is 6.81. The number of carbonyl (C=O) groups excluding carboxylic acids is 1. The van der Waals surface area contributed by atoms with Crippen molar-refractivity contribution in [1.82, 2.24) is 14.9 Å². The van der Waals surface area contributed by atoms with Crippen LogP contribution in [-0.2, 0) is 11.3 Å². The molecule has 3 rings (SSSR count). The molecule has 1 fully saturated rings. The molecule has 6 nitrogen and oxygen atoms in total. The van der Waals surface area contributed by atoms with E-state index in [0.29, 0.717) is 12.6 Å². The number of amides is 1. The van der Waals surface area contributed by atoms with Gasteiger partial charge in [-0.3, -0.25) is 0 Å². The Morgan fingerprint density at radius 3 is 2.81 bits per heavy atom. The summed E-state index contributed by atoms with van der Waals surface area (Å²) in [5, 5.41) is 10.9. The van der Waals surface area contributed by atoms with Crippen molar-refractivity contribution < 1.29 is 9.53 Å². The van der Waals surface area contributed by atoms with Crippen molar-refractivity contribution in [2.24, 2.45) is 0 Å². The van der Waals surface area contributed by atoms with Crippen LogP contribution in [0.2, 0.25) is 0 Å². The summed E-state index contributed by atoms with van der Waals surface area (Å²) in [4.78, 5) is 11.7. The molecule has 0 radical (unpaired) electrons. The van der Waals surface area contributed by atoms with Gasteiger partial charge in [0, 0.05) is 23.6 Å². The van der Waals surface area contributed by atoms with Crippen molar-refractivity contribution in [3.8, 4) is 0 Å². The molecule has 1 aliphatic rings. The van der Waals surface area contributed by atoms with Crippen molar-refractivity contribution in [3.05, 3.63) is 42.1 Å². The van der Waals surface area contributed by atoms with Gasteiger partial charge in [0.25, 0.3) is 0 Å². The second-order valence-electron chi connectivity index (χ2n) is 5.00. The molecule has 110 valence electrons. The lowest BCUT2D eigenvalue weighted by Gasteiger charge is -2.35. The van der Waals surface area contributed by atoms with Crippen LogP contribution < -0.4 is 10.6 Å². The Kier molecular flexibility index (Phi) is 4.30. The lowest BCUT2D eigenvalue weighted by molar-refractivity contribution is 0.129. The van der Waals surface area contributed by atoms with Crippen LogP contribution in [-0.4, -0.2) is 27.8 Å². The molecule has 0 saturated heterocycles. The van der Waals surface area contributed by atoms with Crippen molar-refractivity contribution in [3.63, 3.8) is 0 Å². The summed E-state index contributed by atoms with van der Waals surface area (Å²) in [7, 11) is 0. The summed E-state index contributed by atoms with van der Waals surface area (Å²) in [6.45, 7) is 0.299. The molecule has 1 saturated carbocycles. The van der Waals surface area contributed by atoms with Gasteiger partial charge in [0.1, 0.15) is 11.6 Å². The number of aromatic nitrogens is 2. The summed E-state index contributed by atoms with van der Waals surface area (Å²) < 4.78 is 8.98. The van der Waals surface area contributed by atoms with Gasteiger partial charge < -0.3 is 15.4 Å². The quantitative estimate of drug-likeness (QED) is 0.887. The number of anilines is 1. The smallest absolute Gasteiger partial charge is 0.407 e. The number of benzene rings is 1. The summed E-state index contributed by atoms with van der Waals surface area (Å²) in [5.74, 6) is 0. The third-order valence-corrected chi connectivity index (χ3v) is 3.98. The third-order valence-electron chi connectivity index (χ3n) is 3.38. The molecule has 2 aromatic rings. The van der Waals surface area contributed by atoms with Gasteiger partial charge in [0.15, 0.2) is 0 Å². The number of alkyl carbamates (subject to hydrolysis) is 1. The van der Waals surface area contributed by atoms with Crippen molar-refractivity contribution in [2.45, 2.75) is 31.5 Å². The molecule has 1 aromatic carbocycles. The van der Waals surface area contributed by atoms with E-state index in [1.54, 1.807) is 6.20 Å². The minimum absolute atomic E-state index is 0.173. The van der Waals surface area contributed by atoms with E-state index < -0.39 is 0 Å². The minimum Gasteiger partial charge on any atom is -0.445 e. The van der Waals surface area contributed by atoms with Crippen LogP contribution in [0.15, 0.2) is 36.5 Å². The van der Waals surface area contributed by atoms with E-state index in [1.165, 1.54) is 11.5 Å². The highest BCUT2D eigenvalue weighted by Crippen LogP contribution is 2.25. The fourth-order valence-corrected chi connectivity index (χ4v) is 2.71. The van der Waals surface area contributed by atoms with E-state index in [2.05, 4.69) is 20.2 Å². The van der Waals surface area contributed by atoms with Gasteiger partial charge in [0.05, 0.1) is 6.20 Å². The number of rotatable bonds is 5. The maximum absolute atomic E-state index is 11.7. The number of ether oxygens (including phenoxy) is 1. The molecule has 0 atom stereocenters. The molecule has 1 amide bonds. The topological polar surface area (TPSA) is 76.1 Å². The Balaban J connectivity index is 1.34. The van der Waals surface area contributed by atoms with Gasteiger partial charge >= 0.3 is 6.09 Å². The van der Waals surface area contributed by atoms with Gasteiger partial charge in [-0.05, 0) is 18.4 Å². The van der Waals surface area contributed by atoms with Gasteiger partial charge in [-0.25, -0.2) is 4.79 Å². The zero-order valence-corrected chi connectivity index (χ0v) is 12.2. The van der Waals surface area contributed by atoms with E-state index >= 15 is 0 Å². The van der Waals surface area contributed by atoms with E-state index in [9.17, 15) is 4.79 Å². The molecule has 1 heterocycles. The maximum atomic E-state index is 11.7. The molecule has 21 heavy (non-hydrogen) atoms. The number of carbonyl (C=O) groups is 1. The monoisotopic (exact) mass is 304 g/mol. The van der Waals surface area contributed by atoms with Gasteiger partial charge in [-0.15, -0.1) is 5.10 Å². The number of nitrogens with zero attached hydrogens (tertiary/aromatic N) is 2. The highest BCUT2D eigenvalue weighted by molar-refractivity contribution is 7.09. The van der Waals surface area contributed by atoms with Crippen LogP contribution in [0.3, 0.4) is 0 Å². The normalized spacial score (nSPS) is 20.4. The largest absolute Gasteiger partial charge is 0.445 e. The van der Waals surface area contributed by atoms with Crippen molar-refractivity contribution in [2.75, 3.05) is 5.32 Å². The average Bonchev–Trinajstić information content (AvgIpc) is 2.97. The van der Waals surface area contributed by atoms with Gasteiger partial charge in [-0.2, -0.15) is 0 Å². The zero-order chi connectivity index (χ0) is 14.5. The van der Waals surface area contributed by atoms with E-state index in [1.807, 2.05) is 30.3 Å². The highest BCUT2D eigenvalue weighted by Gasteiger charge is 2.30. The minimum atomic E-state index is -0.359. The Morgan fingerprint density at radius 2 is 2.10 bits per heavy atom. The molecular weight excluding hydrogens is 288 g/mol. The van der Waals surface area contributed by atoms with Gasteiger partial charge in [-0.1, -0.05) is 34.8 Å². The first-order chi connectivity index (χ1) is 10.3. The highest BCUT2D eigenvalue weighted by atomic mass is 32.1. The third kappa shape index (κ3) is 3.91. The molecule has 0 unspecified atom stereocenters. The predicted octanol–water partition coefficient (Wildman–Crippen LogP) is 2.41. The van der Waals surface area contributed by atoms with Crippen LogP contribution in [0.4, 0.5) is 9.80 Å². The summed E-state index contributed by atoms with van der Waals surface area (Å²) in [6.07, 6.45) is 3.12. The van der Waals surface area contributed by atoms with Crippen LogP contribution in [0.25, 0.3) is 0 Å². The molecular formula is C14H16N4O2S. The molecule has 0 aliphatic heterocycles. The average molecular weight is 304 g/mol. The summed E-state index contributed by atoms with van der Waals surface area (Å²) in [6, 6.07) is 10.2. The zero-order valence-electron chi connectivity index (χ0n) is 11.4.